The highest BCUT2D eigenvalue weighted by atomic mass is 19.1. The van der Waals surface area contributed by atoms with Crippen molar-refractivity contribution >= 4 is 11.8 Å². The lowest BCUT2D eigenvalue weighted by molar-refractivity contribution is -0.126. The van der Waals surface area contributed by atoms with E-state index < -0.39 is 0 Å². The van der Waals surface area contributed by atoms with Gasteiger partial charge in [-0.05, 0) is 49.2 Å². The van der Waals surface area contributed by atoms with Crippen LogP contribution in [0.25, 0.3) is 0 Å². The van der Waals surface area contributed by atoms with Gasteiger partial charge in [0.05, 0.1) is 12.5 Å². The number of carbonyl (C=O) groups excluding carboxylic acids is 2. The Morgan fingerprint density at radius 2 is 1.86 bits per heavy atom. The molecule has 2 aliphatic heterocycles. The predicted octanol–water partition coefficient (Wildman–Crippen LogP) is 2.63. The van der Waals surface area contributed by atoms with Crippen molar-refractivity contribution in [1.29, 1.82) is 0 Å². The Hall–Kier alpha value is -3.09. The lowest BCUT2D eigenvalue weighted by Gasteiger charge is -2.33. The van der Waals surface area contributed by atoms with Crippen molar-refractivity contribution in [2.75, 3.05) is 26.2 Å². The first-order valence-corrected chi connectivity index (χ1v) is 9.81. The number of fused-ring (bicyclic) bond motifs is 1. The van der Waals surface area contributed by atoms with Gasteiger partial charge in [-0.15, -0.1) is 0 Å². The van der Waals surface area contributed by atoms with E-state index in [1.165, 1.54) is 24.3 Å². The summed E-state index contributed by atoms with van der Waals surface area (Å²) in [6.45, 7) is 1.66. The van der Waals surface area contributed by atoms with Gasteiger partial charge in [-0.1, -0.05) is 12.1 Å². The molecule has 0 aliphatic carbocycles. The van der Waals surface area contributed by atoms with Gasteiger partial charge in [0.1, 0.15) is 18.5 Å². The van der Waals surface area contributed by atoms with Crippen LogP contribution in [-0.2, 0) is 4.79 Å². The average molecular weight is 398 g/mol. The number of amides is 2. The first kappa shape index (κ1) is 19.2. The molecule has 2 atom stereocenters. The molecule has 152 valence electrons. The predicted molar refractivity (Wildman–Crippen MR) is 104 cm³/mol. The standard InChI is InChI=1S/C22H23FN2O4/c23-17-9-7-15(8-10-17)22(27)25-11-3-4-16(13-25)21(26)24-12-18-14-28-19-5-1-2-6-20(19)29-18/h1-2,5-10,16,18H,3-4,11-14H2,(H,24,26)/t16-,18+/m1/s1. The average Bonchev–Trinajstić information content (AvgIpc) is 2.77. The number of nitrogens with zero attached hydrogens (tertiary/aromatic N) is 1. The summed E-state index contributed by atoms with van der Waals surface area (Å²) in [6, 6.07) is 12.9. The van der Waals surface area contributed by atoms with E-state index in [2.05, 4.69) is 5.32 Å². The number of benzene rings is 2. The molecule has 2 heterocycles. The summed E-state index contributed by atoms with van der Waals surface area (Å²) < 4.78 is 24.6. The van der Waals surface area contributed by atoms with Crippen LogP contribution in [0.4, 0.5) is 4.39 Å². The van der Waals surface area contributed by atoms with Crippen LogP contribution >= 0.6 is 0 Å². The monoisotopic (exact) mass is 398 g/mol. The molecule has 0 bridgehead atoms. The lowest BCUT2D eigenvalue weighted by atomic mass is 9.96. The number of hydrogen-bond acceptors (Lipinski definition) is 4. The Morgan fingerprint density at radius 1 is 1.10 bits per heavy atom. The molecule has 1 saturated heterocycles. The Balaban J connectivity index is 1.30. The zero-order valence-corrected chi connectivity index (χ0v) is 16.0. The van der Waals surface area contributed by atoms with E-state index in [9.17, 15) is 14.0 Å². The molecular weight excluding hydrogens is 375 g/mol. The summed E-state index contributed by atoms with van der Waals surface area (Å²) in [6.07, 6.45) is 1.22. The number of nitrogens with one attached hydrogen (secondary N) is 1. The third kappa shape index (κ3) is 4.50. The maximum absolute atomic E-state index is 13.1. The van der Waals surface area contributed by atoms with Crippen LogP contribution in [-0.4, -0.2) is 49.1 Å². The molecule has 0 radical (unpaired) electrons. The van der Waals surface area contributed by atoms with Crippen LogP contribution in [0.15, 0.2) is 48.5 Å². The van der Waals surface area contributed by atoms with Gasteiger partial charge in [-0.25, -0.2) is 4.39 Å². The highest BCUT2D eigenvalue weighted by Crippen LogP contribution is 2.30. The smallest absolute Gasteiger partial charge is 0.253 e. The van der Waals surface area contributed by atoms with E-state index >= 15 is 0 Å². The molecule has 2 aromatic carbocycles. The molecule has 2 amide bonds. The number of para-hydroxylation sites is 2. The van der Waals surface area contributed by atoms with Crippen LogP contribution in [0, 0.1) is 11.7 Å². The molecular formula is C22H23FN2O4. The maximum atomic E-state index is 13.1. The molecule has 2 aliphatic rings. The van der Waals surface area contributed by atoms with E-state index in [0.717, 1.165) is 12.8 Å². The molecule has 0 saturated carbocycles. The Labute approximate surface area is 168 Å². The van der Waals surface area contributed by atoms with Gasteiger partial charge >= 0.3 is 0 Å². The fraction of sp³-hybridized carbons (Fsp3) is 0.364. The van der Waals surface area contributed by atoms with Crippen molar-refractivity contribution in [1.82, 2.24) is 10.2 Å². The van der Waals surface area contributed by atoms with Gasteiger partial charge in [0.15, 0.2) is 11.5 Å². The molecule has 2 aromatic rings. The highest BCUT2D eigenvalue weighted by Gasteiger charge is 2.30. The summed E-state index contributed by atoms with van der Waals surface area (Å²) in [7, 11) is 0. The Bertz CT molecular complexity index is 887. The van der Waals surface area contributed by atoms with Crippen LogP contribution < -0.4 is 14.8 Å². The quantitative estimate of drug-likeness (QED) is 0.860. The molecule has 0 spiro atoms. The van der Waals surface area contributed by atoms with Crippen LogP contribution in [0.3, 0.4) is 0 Å². The summed E-state index contributed by atoms with van der Waals surface area (Å²) in [5.74, 6) is 0.454. The molecule has 4 rings (SSSR count). The van der Waals surface area contributed by atoms with E-state index in [1.54, 1.807) is 4.90 Å². The molecule has 0 unspecified atom stereocenters. The van der Waals surface area contributed by atoms with Crippen molar-refractivity contribution in [3.8, 4) is 11.5 Å². The number of rotatable bonds is 4. The number of piperidine rings is 1. The molecule has 0 aromatic heterocycles. The Kier molecular flexibility index (Phi) is 5.64. The van der Waals surface area contributed by atoms with E-state index in [-0.39, 0.29) is 29.7 Å². The second kappa shape index (κ2) is 8.51. The van der Waals surface area contributed by atoms with E-state index in [1.807, 2.05) is 24.3 Å². The van der Waals surface area contributed by atoms with Gasteiger partial charge < -0.3 is 19.7 Å². The summed E-state index contributed by atoms with van der Waals surface area (Å²) in [4.78, 5) is 26.9. The Morgan fingerprint density at radius 3 is 2.66 bits per heavy atom. The normalized spacial score (nSPS) is 20.8. The number of hydrogen-bond donors (Lipinski definition) is 1. The topological polar surface area (TPSA) is 67.9 Å². The molecule has 6 nitrogen and oxygen atoms in total. The first-order chi connectivity index (χ1) is 14.1. The second-order valence-electron chi connectivity index (χ2n) is 7.34. The van der Waals surface area contributed by atoms with Crippen molar-refractivity contribution in [2.24, 2.45) is 5.92 Å². The summed E-state index contributed by atoms with van der Waals surface area (Å²) >= 11 is 0. The van der Waals surface area contributed by atoms with Crippen LogP contribution in [0.5, 0.6) is 11.5 Å². The van der Waals surface area contributed by atoms with Crippen molar-refractivity contribution < 1.29 is 23.5 Å². The minimum atomic E-state index is -0.381. The van der Waals surface area contributed by atoms with Gasteiger partial charge in [0, 0.05) is 18.7 Å². The summed E-state index contributed by atoms with van der Waals surface area (Å²) in [5.41, 5.74) is 0.430. The van der Waals surface area contributed by atoms with Crippen molar-refractivity contribution in [3.63, 3.8) is 0 Å². The zero-order valence-electron chi connectivity index (χ0n) is 16.0. The summed E-state index contributed by atoms with van der Waals surface area (Å²) in [5, 5.41) is 2.93. The van der Waals surface area contributed by atoms with Crippen molar-refractivity contribution in [2.45, 2.75) is 18.9 Å². The fourth-order valence-corrected chi connectivity index (χ4v) is 3.67. The third-order valence-corrected chi connectivity index (χ3v) is 5.24. The van der Waals surface area contributed by atoms with E-state index in [4.69, 9.17) is 9.47 Å². The maximum Gasteiger partial charge on any atom is 0.253 e. The van der Waals surface area contributed by atoms with Gasteiger partial charge in [-0.3, -0.25) is 9.59 Å². The van der Waals surface area contributed by atoms with Crippen molar-refractivity contribution in [3.05, 3.63) is 59.9 Å². The minimum absolute atomic E-state index is 0.0935. The van der Waals surface area contributed by atoms with Gasteiger partial charge in [0.25, 0.3) is 5.91 Å². The number of likely N-dealkylation sites (tertiary alicyclic amines) is 1. The first-order valence-electron chi connectivity index (χ1n) is 9.81. The number of halogens is 1. The van der Waals surface area contributed by atoms with Crippen LogP contribution in [0.2, 0.25) is 0 Å². The van der Waals surface area contributed by atoms with Gasteiger partial charge in [-0.2, -0.15) is 0 Å². The molecule has 1 N–H and O–H groups in total. The third-order valence-electron chi connectivity index (χ3n) is 5.24. The SMILES string of the molecule is O=C(NC[C@H]1COc2ccccc2O1)[C@@H]1CCCN(C(=O)c2ccc(F)cc2)C1. The van der Waals surface area contributed by atoms with Crippen LogP contribution in [0.1, 0.15) is 23.2 Å². The lowest BCUT2D eigenvalue weighted by Crippen LogP contribution is -2.48. The second-order valence-corrected chi connectivity index (χ2v) is 7.34. The number of ether oxygens (including phenoxy) is 2. The molecule has 1 fully saturated rings. The number of carbonyl (C=O) groups is 2. The molecule has 29 heavy (non-hydrogen) atoms. The molecule has 7 heteroatoms. The largest absolute Gasteiger partial charge is 0.486 e. The fourth-order valence-electron chi connectivity index (χ4n) is 3.67. The minimum Gasteiger partial charge on any atom is -0.486 e. The highest BCUT2D eigenvalue weighted by molar-refractivity contribution is 5.94. The van der Waals surface area contributed by atoms with Gasteiger partial charge in [0.2, 0.25) is 5.91 Å². The zero-order chi connectivity index (χ0) is 20.2. The van der Waals surface area contributed by atoms with E-state index in [0.29, 0.717) is 43.3 Å².